The number of carbonyl (C=O) groups excluding carboxylic acids is 1. The van der Waals surface area contributed by atoms with Gasteiger partial charge in [0.1, 0.15) is 11.6 Å². The normalized spacial score (nSPS) is 14.4. The van der Waals surface area contributed by atoms with Crippen molar-refractivity contribution in [1.82, 2.24) is 15.0 Å². The summed E-state index contributed by atoms with van der Waals surface area (Å²) in [4.78, 5) is 28.4. The summed E-state index contributed by atoms with van der Waals surface area (Å²) in [6.45, 7) is 4.91. The number of hydrogen-bond donors (Lipinski definition) is 2. The molecule has 0 bridgehead atoms. The zero-order chi connectivity index (χ0) is 28.1. The molecular weight excluding hydrogens is 521 g/mol. The molecule has 1 aliphatic heterocycles. The van der Waals surface area contributed by atoms with Gasteiger partial charge in [-0.05, 0) is 55.0 Å². The highest BCUT2D eigenvalue weighted by Gasteiger charge is 2.31. The van der Waals surface area contributed by atoms with Crippen molar-refractivity contribution in [2.75, 3.05) is 41.8 Å². The minimum absolute atomic E-state index is 0.0778. The van der Waals surface area contributed by atoms with E-state index in [2.05, 4.69) is 30.5 Å². The quantitative estimate of drug-likeness (QED) is 0.301. The number of hydrogen-bond acceptors (Lipinski definition) is 7. The van der Waals surface area contributed by atoms with E-state index in [0.29, 0.717) is 30.4 Å². The summed E-state index contributed by atoms with van der Waals surface area (Å²) in [6.07, 6.45) is 0.541. The van der Waals surface area contributed by atoms with E-state index in [0.717, 1.165) is 42.2 Å². The maximum atomic E-state index is 13.0. The first-order valence-corrected chi connectivity index (χ1v) is 12.7. The predicted molar refractivity (Wildman–Crippen MR) is 146 cm³/mol. The van der Waals surface area contributed by atoms with Gasteiger partial charge < -0.3 is 20.3 Å². The lowest BCUT2D eigenvalue weighted by Gasteiger charge is -2.27. The minimum Gasteiger partial charge on any atom is -0.378 e. The summed E-state index contributed by atoms with van der Waals surface area (Å²) < 4.78 is 44.5. The molecule has 40 heavy (non-hydrogen) atoms. The summed E-state index contributed by atoms with van der Waals surface area (Å²) in [5, 5.41) is 5.99. The van der Waals surface area contributed by atoms with Gasteiger partial charge in [0.15, 0.2) is 0 Å². The molecule has 3 heterocycles. The molecule has 2 N–H and O–H groups in total. The van der Waals surface area contributed by atoms with Crippen LogP contribution < -0.4 is 15.5 Å². The Morgan fingerprint density at radius 3 is 2.55 bits per heavy atom. The third kappa shape index (κ3) is 6.55. The number of rotatable bonds is 7. The molecular formula is C29H27F3N6O2. The van der Waals surface area contributed by atoms with Gasteiger partial charge in [-0.1, -0.05) is 18.2 Å². The van der Waals surface area contributed by atoms with Crippen LogP contribution >= 0.6 is 0 Å². The van der Waals surface area contributed by atoms with Crippen molar-refractivity contribution < 1.29 is 22.7 Å². The molecule has 2 aromatic heterocycles. The molecule has 5 rings (SSSR count). The maximum absolute atomic E-state index is 13.0. The van der Waals surface area contributed by atoms with Crippen molar-refractivity contribution in [2.24, 2.45) is 0 Å². The van der Waals surface area contributed by atoms with Crippen LogP contribution in [0.1, 0.15) is 34.5 Å². The van der Waals surface area contributed by atoms with E-state index in [1.54, 1.807) is 36.8 Å². The van der Waals surface area contributed by atoms with Crippen LogP contribution in [0.15, 0.2) is 79.3 Å². The van der Waals surface area contributed by atoms with Gasteiger partial charge in [-0.15, -0.1) is 0 Å². The van der Waals surface area contributed by atoms with Crippen LogP contribution in [0.4, 0.5) is 30.5 Å². The molecule has 0 radical (unpaired) electrons. The number of anilines is 3. The van der Waals surface area contributed by atoms with Crippen LogP contribution in [-0.2, 0) is 10.9 Å². The number of ether oxygens (including phenoxy) is 1. The number of amides is 1. The van der Waals surface area contributed by atoms with Crippen LogP contribution in [0.3, 0.4) is 0 Å². The number of nitrogens with zero attached hydrogens (tertiary/aromatic N) is 4. The molecule has 0 aliphatic carbocycles. The highest BCUT2D eigenvalue weighted by Crippen LogP contribution is 2.30. The molecule has 2 aromatic carbocycles. The second-order valence-electron chi connectivity index (χ2n) is 9.32. The van der Waals surface area contributed by atoms with Gasteiger partial charge in [0, 0.05) is 36.1 Å². The van der Waals surface area contributed by atoms with Crippen LogP contribution in [0.5, 0.6) is 0 Å². The van der Waals surface area contributed by atoms with E-state index in [1.165, 1.54) is 12.1 Å². The lowest BCUT2D eigenvalue weighted by atomic mass is 10.1. The molecule has 8 nitrogen and oxygen atoms in total. The fourth-order valence-electron chi connectivity index (χ4n) is 4.32. The van der Waals surface area contributed by atoms with Crippen LogP contribution in [0.25, 0.3) is 11.3 Å². The van der Waals surface area contributed by atoms with E-state index in [4.69, 9.17) is 4.74 Å². The average Bonchev–Trinajstić information content (AvgIpc) is 2.97. The fraction of sp³-hybridized carbons (Fsp3) is 0.241. The molecule has 0 saturated carbocycles. The Balaban J connectivity index is 1.25. The zero-order valence-electron chi connectivity index (χ0n) is 21.7. The lowest BCUT2D eigenvalue weighted by molar-refractivity contribution is -0.137. The summed E-state index contributed by atoms with van der Waals surface area (Å²) in [6, 6.07) is 15.1. The lowest BCUT2D eigenvalue weighted by Crippen LogP contribution is -2.36. The Bertz CT molecular complexity index is 1470. The molecule has 0 unspecified atom stereocenters. The standard InChI is InChI=1S/C29H27F3N6O2/c1-19(20-4-3-7-24(15-20)36-28(39)21-5-2-6-23(14-21)29(30,31)32)35-26-18-33-17-25(37-26)22-8-9-27(34-16-22)38-10-12-40-13-11-38/h2-9,14-19H,10-13H2,1H3,(H,35,37)(H,36,39)/t19-/m0/s1. The first-order chi connectivity index (χ1) is 19.3. The Morgan fingerprint density at radius 1 is 1.00 bits per heavy atom. The smallest absolute Gasteiger partial charge is 0.378 e. The van der Waals surface area contributed by atoms with E-state index in [1.807, 2.05) is 25.1 Å². The number of aromatic nitrogens is 3. The number of morpholine rings is 1. The van der Waals surface area contributed by atoms with Crippen molar-refractivity contribution in [1.29, 1.82) is 0 Å². The first-order valence-electron chi connectivity index (χ1n) is 12.7. The highest BCUT2D eigenvalue weighted by atomic mass is 19.4. The fourth-order valence-corrected chi connectivity index (χ4v) is 4.32. The molecule has 0 spiro atoms. The Morgan fingerprint density at radius 2 is 1.80 bits per heavy atom. The monoisotopic (exact) mass is 548 g/mol. The molecule has 1 fully saturated rings. The molecule has 1 amide bonds. The topological polar surface area (TPSA) is 92.3 Å². The van der Waals surface area contributed by atoms with E-state index >= 15 is 0 Å². The summed E-state index contributed by atoms with van der Waals surface area (Å²) >= 11 is 0. The van der Waals surface area contributed by atoms with Gasteiger partial charge in [-0.3, -0.25) is 9.78 Å². The summed E-state index contributed by atoms with van der Waals surface area (Å²) in [7, 11) is 0. The Kier molecular flexibility index (Phi) is 7.92. The van der Waals surface area contributed by atoms with Crippen molar-refractivity contribution in [3.63, 3.8) is 0 Å². The molecule has 1 aliphatic rings. The highest BCUT2D eigenvalue weighted by molar-refractivity contribution is 6.04. The van der Waals surface area contributed by atoms with E-state index in [9.17, 15) is 18.0 Å². The van der Waals surface area contributed by atoms with Crippen LogP contribution in [-0.4, -0.2) is 47.2 Å². The number of alkyl halides is 3. The second kappa shape index (κ2) is 11.7. The van der Waals surface area contributed by atoms with Gasteiger partial charge >= 0.3 is 6.18 Å². The van der Waals surface area contributed by atoms with Crippen molar-refractivity contribution >= 4 is 23.2 Å². The van der Waals surface area contributed by atoms with Crippen LogP contribution in [0, 0.1) is 0 Å². The third-order valence-corrected chi connectivity index (χ3v) is 6.47. The third-order valence-electron chi connectivity index (χ3n) is 6.47. The van der Waals surface area contributed by atoms with Crippen molar-refractivity contribution in [2.45, 2.75) is 19.1 Å². The Hall–Kier alpha value is -4.51. The number of nitrogens with one attached hydrogen (secondary N) is 2. The van der Waals surface area contributed by atoms with Gasteiger partial charge in [-0.2, -0.15) is 13.2 Å². The van der Waals surface area contributed by atoms with E-state index in [-0.39, 0.29) is 11.6 Å². The van der Waals surface area contributed by atoms with Gasteiger partial charge in [0.2, 0.25) is 0 Å². The summed E-state index contributed by atoms with van der Waals surface area (Å²) in [5.74, 6) is 0.819. The number of benzene rings is 2. The first kappa shape index (κ1) is 27.1. The molecule has 11 heteroatoms. The largest absolute Gasteiger partial charge is 0.416 e. The second-order valence-corrected chi connectivity index (χ2v) is 9.32. The number of pyridine rings is 1. The SMILES string of the molecule is C[C@H](Nc1cncc(-c2ccc(N3CCOCC3)nc2)n1)c1cccc(NC(=O)c2cccc(C(F)(F)F)c2)c1. The molecule has 206 valence electrons. The summed E-state index contributed by atoms with van der Waals surface area (Å²) in [5.41, 5.74) is 1.84. The predicted octanol–water partition coefficient (Wildman–Crippen LogP) is 5.82. The Labute approximate surface area is 229 Å². The van der Waals surface area contributed by atoms with Crippen molar-refractivity contribution in [3.05, 3.63) is 95.9 Å². The molecule has 4 aromatic rings. The van der Waals surface area contributed by atoms with Gasteiger partial charge in [0.05, 0.1) is 42.9 Å². The number of carbonyl (C=O) groups is 1. The average molecular weight is 549 g/mol. The maximum Gasteiger partial charge on any atom is 0.416 e. The van der Waals surface area contributed by atoms with Crippen molar-refractivity contribution in [3.8, 4) is 11.3 Å². The zero-order valence-corrected chi connectivity index (χ0v) is 21.7. The van der Waals surface area contributed by atoms with Crippen LogP contribution in [0.2, 0.25) is 0 Å². The minimum atomic E-state index is -4.53. The van der Waals surface area contributed by atoms with E-state index < -0.39 is 17.6 Å². The number of halogens is 3. The molecule has 1 atom stereocenters. The molecule has 1 saturated heterocycles. The van der Waals surface area contributed by atoms with Gasteiger partial charge in [-0.25, -0.2) is 9.97 Å². The van der Waals surface area contributed by atoms with Gasteiger partial charge in [0.25, 0.3) is 5.91 Å².